The maximum absolute atomic E-state index is 12.9. The minimum absolute atomic E-state index is 0.0436. The van der Waals surface area contributed by atoms with Crippen LogP contribution in [0.5, 0.6) is 17.2 Å². The number of phenolic OH excluding ortho intramolecular Hbond substituents is 1. The molecule has 0 spiro atoms. The summed E-state index contributed by atoms with van der Waals surface area (Å²) in [6.07, 6.45) is 1.42. The highest BCUT2D eigenvalue weighted by molar-refractivity contribution is 8.18. The number of hydrogen-bond donors (Lipinski definition) is 1. The van der Waals surface area contributed by atoms with Crippen molar-refractivity contribution >= 4 is 46.3 Å². The number of rotatable bonds is 5. The van der Waals surface area contributed by atoms with E-state index >= 15 is 0 Å². The number of phenols is 1. The number of carbonyl (C=O) groups is 2. The summed E-state index contributed by atoms with van der Waals surface area (Å²) in [4.78, 5) is 36.9. The van der Waals surface area contributed by atoms with E-state index in [1.165, 1.54) is 24.3 Å². The normalized spacial score (nSPS) is 16.0. The molecule has 2 aromatic carbocycles. The van der Waals surface area contributed by atoms with E-state index in [9.17, 15) is 24.8 Å². The number of halogens is 1. The Hall–Kier alpha value is -3.96. The monoisotopic (exact) mass is 500 g/mol. The Labute approximate surface area is 200 Å². The number of nitrogens with zero attached hydrogens (tertiary/aromatic N) is 2. The number of nitro benzene ring substituents is 1. The third-order valence-corrected chi connectivity index (χ3v) is 6.36. The van der Waals surface area contributed by atoms with Crippen LogP contribution in [-0.2, 0) is 11.3 Å². The summed E-state index contributed by atoms with van der Waals surface area (Å²) in [5.41, 5.74) is 0.442. The maximum Gasteiger partial charge on any atom is 0.311 e. The molecule has 34 heavy (non-hydrogen) atoms. The molecular formula is C22H13ClN2O8S. The first kappa shape index (κ1) is 21.9. The number of nitro groups is 1. The van der Waals surface area contributed by atoms with Crippen LogP contribution in [0, 0.1) is 10.1 Å². The zero-order valence-electron chi connectivity index (χ0n) is 17.0. The summed E-state index contributed by atoms with van der Waals surface area (Å²) >= 11 is 7.03. The first-order valence-electron chi connectivity index (χ1n) is 9.71. The van der Waals surface area contributed by atoms with Gasteiger partial charge in [0.25, 0.3) is 11.1 Å². The van der Waals surface area contributed by atoms with Crippen LogP contribution >= 0.6 is 23.4 Å². The van der Waals surface area contributed by atoms with Gasteiger partial charge < -0.3 is 19.0 Å². The number of furan rings is 1. The van der Waals surface area contributed by atoms with Gasteiger partial charge in [-0.05, 0) is 47.7 Å². The molecular weight excluding hydrogens is 488 g/mol. The van der Waals surface area contributed by atoms with E-state index in [4.69, 9.17) is 25.5 Å². The summed E-state index contributed by atoms with van der Waals surface area (Å²) in [5.74, 6) is 0.576. The molecule has 5 rings (SSSR count). The third kappa shape index (κ3) is 3.95. The lowest BCUT2D eigenvalue weighted by Crippen LogP contribution is -2.27. The van der Waals surface area contributed by atoms with Gasteiger partial charge in [0.2, 0.25) is 6.79 Å². The Morgan fingerprint density at radius 3 is 2.68 bits per heavy atom. The number of aromatic hydroxyl groups is 1. The molecule has 2 aliphatic heterocycles. The van der Waals surface area contributed by atoms with Crippen molar-refractivity contribution in [2.24, 2.45) is 0 Å². The van der Waals surface area contributed by atoms with Crippen LogP contribution in [0.2, 0.25) is 5.02 Å². The Morgan fingerprint density at radius 1 is 1.15 bits per heavy atom. The van der Waals surface area contributed by atoms with Crippen molar-refractivity contribution in [3.63, 3.8) is 0 Å². The molecule has 1 aromatic heterocycles. The Kier molecular flexibility index (Phi) is 5.42. The molecule has 1 saturated heterocycles. The summed E-state index contributed by atoms with van der Waals surface area (Å²) in [6.45, 7) is 0.0279. The number of hydrogen-bond acceptors (Lipinski definition) is 9. The van der Waals surface area contributed by atoms with Gasteiger partial charge in [0.05, 0.1) is 16.4 Å². The standard InChI is InChI=1S/C22H13ClN2O8S/c23-14-8-19-18(31-10-32-19)6-12(14)9-24-21(27)20(34-22(24)28)7-13-2-4-17(33-13)11-1-3-16(26)15(5-11)25(29)30/h1-8,26H,9-10H2/b20-7+. The van der Waals surface area contributed by atoms with E-state index in [2.05, 4.69) is 0 Å². The highest BCUT2D eigenvalue weighted by Crippen LogP contribution is 2.40. The van der Waals surface area contributed by atoms with Crippen molar-refractivity contribution in [1.82, 2.24) is 4.90 Å². The number of imide groups is 1. The molecule has 0 atom stereocenters. The molecule has 12 heteroatoms. The van der Waals surface area contributed by atoms with Crippen LogP contribution in [0.15, 0.2) is 51.8 Å². The molecule has 1 N–H and O–H groups in total. The smallest absolute Gasteiger partial charge is 0.311 e. The minimum Gasteiger partial charge on any atom is -0.502 e. The minimum atomic E-state index is -0.703. The first-order chi connectivity index (χ1) is 16.3. The molecule has 2 amide bonds. The first-order valence-corrected chi connectivity index (χ1v) is 10.9. The average Bonchev–Trinajstić information content (AvgIpc) is 3.51. The number of amides is 2. The lowest BCUT2D eigenvalue weighted by Gasteiger charge is -2.14. The predicted octanol–water partition coefficient (Wildman–Crippen LogP) is 5.18. The van der Waals surface area contributed by atoms with Crippen molar-refractivity contribution in [2.75, 3.05) is 6.79 Å². The van der Waals surface area contributed by atoms with Crippen LogP contribution in [0.1, 0.15) is 11.3 Å². The molecule has 1 fully saturated rings. The highest BCUT2D eigenvalue weighted by Gasteiger charge is 2.36. The summed E-state index contributed by atoms with van der Waals surface area (Å²) in [7, 11) is 0. The van der Waals surface area contributed by atoms with Gasteiger partial charge in [-0.3, -0.25) is 24.6 Å². The van der Waals surface area contributed by atoms with Gasteiger partial charge in [-0.1, -0.05) is 11.6 Å². The molecule has 10 nitrogen and oxygen atoms in total. The lowest BCUT2D eigenvalue weighted by atomic mass is 10.1. The van der Waals surface area contributed by atoms with E-state index in [-0.39, 0.29) is 24.0 Å². The SMILES string of the molecule is O=C1S/C(=C/c2ccc(-c3ccc(O)c([N+](=O)[O-])c3)o2)C(=O)N1Cc1cc2c(cc1Cl)OCO2. The summed E-state index contributed by atoms with van der Waals surface area (Å²) < 4.78 is 16.3. The number of benzene rings is 2. The topological polar surface area (TPSA) is 132 Å². The molecule has 3 heterocycles. The quantitative estimate of drug-likeness (QED) is 0.286. The second-order valence-electron chi connectivity index (χ2n) is 7.23. The largest absolute Gasteiger partial charge is 0.502 e. The number of ether oxygens (including phenoxy) is 2. The highest BCUT2D eigenvalue weighted by atomic mass is 35.5. The Bertz CT molecular complexity index is 1400. The molecule has 172 valence electrons. The van der Waals surface area contributed by atoms with E-state index in [1.807, 2.05) is 0 Å². The fourth-order valence-corrected chi connectivity index (χ4v) is 4.46. The van der Waals surface area contributed by atoms with E-state index < -0.39 is 27.5 Å². The zero-order chi connectivity index (χ0) is 24.0. The van der Waals surface area contributed by atoms with Gasteiger partial charge in [-0.2, -0.15) is 0 Å². The maximum atomic E-state index is 12.9. The lowest BCUT2D eigenvalue weighted by molar-refractivity contribution is -0.385. The van der Waals surface area contributed by atoms with Crippen molar-refractivity contribution in [3.05, 3.63) is 73.8 Å². The summed E-state index contributed by atoms with van der Waals surface area (Å²) in [5, 5.41) is 20.5. The second kappa shape index (κ2) is 8.43. The molecule has 0 unspecified atom stereocenters. The van der Waals surface area contributed by atoms with Gasteiger partial charge in [-0.25, -0.2) is 0 Å². The fourth-order valence-electron chi connectivity index (χ4n) is 3.42. The van der Waals surface area contributed by atoms with Gasteiger partial charge in [0.1, 0.15) is 11.5 Å². The van der Waals surface area contributed by atoms with Gasteiger partial charge in [0, 0.05) is 28.8 Å². The number of thioether (sulfide) groups is 1. The van der Waals surface area contributed by atoms with Crippen LogP contribution in [0.4, 0.5) is 10.5 Å². The Balaban J connectivity index is 1.36. The zero-order valence-corrected chi connectivity index (χ0v) is 18.6. The van der Waals surface area contributed by atoms with Crippen molar-refractivity contribution in [1.29, 1.82) is 0 Å². The van der Waals surface area contributed by atoms with E-state index in [1.54, 1.807) is 24.3 Å². The number of fused-ring (bicyclic) bond motifs is 1. The molecule has 0 saturated carbocycles. The van der Waals surface area contributed by atoms with Crippen molar-refractivity contribution in [2.45, 2.75) is 6.54 Å². The van der Waals surface area contributed by atoms with Gasteiger partial charge in [0.15, 0.2) is 17.2 Å². The molecule has 2 aliphatic rings. The van der Waals surface area contributed by atoms with Crippen molar-refractivity contribution in [3.8, 4) is 28.6 Å². The Morgan fingerprint density at radius 2 is 1.91 bits per heavy atom. The van der Waals surface area contributed by atoms with E-state index in [0.29, 0.717) is 33.4 Å². The fraction of sp³-hybridized carbons (Fsp3) is 0.0909. The summed E-state index contributed by atoms with van der Waals surface area (Å²) in [6, 6.07) is 10.2. The van der Waals surface area contributed by atoms with Crippen molar-refractivity contribution < 1.29 is 33.5 Å². The van der Waals surface area contributed by atoms with E-state index in [0.717, 1.165) is 16.7 Å². The molecule has 0 bridgehead atoms. The van der Waals surface area contributed by atoms with Gasteiger partial charge in [-0.15, -0.1) is 0 Å². The molecule has 3 aromatic rings. The molecule has 0 aliphatic carbocycles. The van der Waals surface area contributed by atoms with Crippen LogP contribution < -0.4 is 9.47 Å². The molecule has 0 radical (unpaired) electrons. The number of carbonyl (C=O) groups excluding carboxylic acids is 2. The van der Waals surface area contributed by atoms with Gasteiger partial charge >= 0.3 is 5.69 Å². The average molecular weight is 501 g/mol. The van der Waals surface area contributed by atoms with Crippen LogP contribution in [0.3, 0.4) is 0 Å². The third-order valence-electron chi connectivity index (χ3n) is 5.10. The van der Waals surface area contributed by atoms with Crippen LogP contribution in [-0.4, -0.2) is 32.9 Å². The van der Waals surface area contributed by atoms with Crippen LogP contribution in [0.25, 0.3) is 17.4 Å². The second-order valence-corrected chi connectivity index (χ2v) is 8.63. The predicted molar refractivity (Wildman–Crippen MR) is 122 cm³/mol.